The van der Waals surface area contributed by atoms with Crippen LogP contribution < -0.4 is 0 Å². The molecule has 2 atom stereocenters. The van der Waals surface area contributed by atoms with Crippen LogP contribution in [-0.2, 0) is 14.4 Å². The predicted octanol–water partition coefficient (Wildman–Crippen LogP) is 4.88. The number of rotatable bonds is 8. The molecule has 2 rings (SSSR count). The molecule has 1 aromatic rings. The summed E-state index contributed by atoms with van der Waals surface area (Å²) in [5.41, 5.74) is 2.69. The van der Waals surface area contributed by atoms with E-state index in [2.05, 4.69) is 0 Å². The quantitative estimate of drug-likeness (QED) is 0.542. The van der Waals surface area contributed by atoms with Gasteiger partial charge >= 0.3 is 0 Å². The fourth-order valence-electron chi connectivity index (χ4n) is 4.40. The first-order valence-corrected chi connectivity index (χ1v) is 11.9. The summed E-state index contributed by atoms with van der Waals surface area (Å²) in [6.07, 6.45) is 3.31. The Labute approximate surface area is 193 Å². The Morgan fingerprint density at radius 1 is 1.12 bits per heavy atom. The standard InChI is InChI=1S/C27H40N2O3/c1-8-28(9-2)26(32)24-11-10-16-29(24)25(31)23(27(5,6)7)18-22(30)17-20(4)21-14-12-19(3)13-15-21/h12-15,17,23-24H,8-11,16,18H2,1-7H3/b20-17+/t23-,24?/m1/s1. The zero-order valence-electron chi connectivity index (χ0n) is 20.9. The van der Waals surface area contributed by atoms with E-state index in [-0.39, 0.29) is 29.4 Å². The minimum atomic E-state index is -0.470. The summed E-state index contributed by atoms with van der Waals surface area (Å²) >= 11 is 0. The van der Waals surface area contributed by atoms with Crippen LogP contribution in [0.5, 0.6) is 0 Å². The lowest BCUT2D eigenvalue weighted by Crippen LogP contribution is -2.51. The Kier molecular flexibility index (Phi) is 8.82. The summed E-state index contributed by atoms with van der Waals surface area (Å²) < 4.78 is 0. The Morgan fingerprint density at radius 2 is 1.72 bits per heavy atom. The molecule has 1 aliphatic rings. The van der Waals surface area contributed by atoms with Crippen LogP contribution in [0.4, 0.5) is 0 Å². The van der Waals surface area contributed by atoms with E-state index in [1.54, 1.807) is 15.9 Å². The molecule has 1 saturated heterocycles. The highest BCUT2D eigenvalue weighted by atomic mass is 16.2. The average Bonchev–Trinajstić information content (AvgIpc) is 3.22. The van der Waals surface area contributed by atoms with Gasteiger partial charge < -0.3 is 9.80 Å². The molecule has 1 heterocycles. The van der Waals surface area contributed by atoms with Gasteiger partial charge in [-0.2, -0.15) is 0 Å². The van der Waals surface area contributed by atoms with Crippen molar-refractivity contribution in [2.75, 3.05) is 19.6 Å². The first kappa shape index (κ1) is 25.8. The number of hydrogen-bond donors (Lipinski definition) is 0. The van der Waals surface area contributed by atoms with Crippen LogP contribution in [0, 0.1) is 18.3 Å². The molecule has 5 heteroatoms. The van der Waals surface area contributed by atoms with Crippen molar-refractivity contribution in [3.8, 4) is 0 Å². The number of carbonyl (C=O) groups excluding carboxylic acids is 3. The van der Waals surface area contributed by atoms with Crippen LogP contribution in [0.1, 0.15) is 71.9 Å². The molecule has 5 nitrogen and oxygen atoms in total. The van der Waals surface area contributed by atoms with Gasteiger partial charge in [-0.05, 0) is 63.2 Å². The van der Waals surface area contributed by atoms with E-state index in [9.17, 15) is 14.4 Å². The normalized spacial score (nSPS) is 17.9. The minimum absolute atomic E-state index is 0.0231. The Morgan fingerprint density at radius 3 is 2.25 bits per heavy atom. The van der Waals surface area contributed by atoms with E-state index in [1.165, 1.54) is 5.56 Å². The highest BCUT2D eigenvalue weighted by molar-refractivity contribution is 5.99. The molecule has 0 aromatic heterocycles. The third-order valence-electron chi connectivity index (χ3n) is 6.53. The number of ketones is 1. The smallest absolute Gasteiger partial charge is 0.245 e. The number of hydrogen-bond acceptors (Lipinski definition) is 3. The molecule has 176 valence electrons. The summed E-state index contributed by atoms with van der Waals surface area (Å²) in [7, 11) is 0. The number of likely N-dealkylation sites (tertiary alicyclic amines) is 1. The summed E-state index contributed by atoms with van der Waals surface area (Å²) in [6, 6.07) is 7.66. The highest BCUT2D eigenvalue weighted by Crippen LogP contribution is 2.34. The number of likely N-dealkylation sites (N-methyl/N-ethyl adjacent to an activating group) is 1. The first-order valence-electron chi connectivity index (χ1n) is 11.9. The molecular formula is C27H40N2O3. The molecule has 1 fully saturated rings. The van der Waals surface area contributed by atoms with Crippen LogP contribution in [0.15, 0.2) is 30.3 Å². The largest absolute Gasteiger partial charge is 0.341 e. The lowest BCUT2D eigenvalue weighted by Gasteiger charge is -2.36. The molecule has 2 amide bonds. The predicted molar refractivity (Wildman–Crippen MR) is 130 cm³/mol. The SMILES string of the molecule is CCN(CC)C(=O)C1CCCN1C(=O)[C@@H](CC(=O)/C=C(\C)c1ccc(C)cc1)C(C)(C)C. The van der Waals surface area contributed by atoms with Gasteiger partial charge in [-0.1, -0.05) is 50.6 Å². The van der Waals surface area contributed by atoms with Crippen molar-refractivity contribution in [2.24, 2.45) is 11.3 Å². The molecule has 0 aliphatic carbocycles. The van der Waals surface area contributed by atoms with Crippen LogP contribution >= 0.6 is 0 Å². The molecule has 0 bridgehead atoms. The second-order valence-corrected chi connectivity index (χ2v) is 9.98. The van der Waals surface area contributed by atoms with E-state index in [0.717, 1.165) is 17.6 Å². The van der Waals surface area contributed by atoms with Gasteiger partial charge in [0.25, 0.3) is 0 Å². The second kappa shape index (κ2) is 10.9. The van der Waals surface area contributed by atoms with Crippen molar-refractivity contribution in [3.63, 3.8) is 0 Å². The molecule has 1 aromatic carbocycles. The van der Waals surface area contributed by atoms with E-state index < -0.39 is 12.0 Å². The zero-order valence-corrected chi connectivity index (χ0v) is 20.9. The van der Waals surface area contributed by atoms with Crippen molar-refractivity contribution in [1.29, 1.82) is 0 Å². The van der Waals surface area contributed by atoms with Crippen LogP contribution in [0.25, 0.3) is 5.57 Å². The van der Waals surface area contributed by atoms with Crippen molar-refractivity contribution < 1.29 is 14.4 Å². The van der Waals surface area contributed by atoms with Gasteiger partial charge in [0.1, 0.15) is 6.04 Å². The number of nitrogens with zero attached hydrogens (tertiary/aromatic N) is 2. The molecule has 0 saturated carbocycles. The number of amides is 2. The maximum Gasteiger partial charge on any atom is 0.245 e. The Balaban J connectivity index is 2.21. The van der Waals surface area contributed by atoms with Crippen LogP contribution in [0.2, 0.25) is 0 Å². The number of aryl methyl sites for hydroxylation is 1. The molecular weight excluding hydrogens is 400 g/mol. The summed E-state index contributed by atoms with van der Waals surface area (Å²) in [5, 5.41) is 0. The second-order valence-electron chi connectivity index (χ2n) is 9.98. The molecule has 0 spiro atoms. The monoisotopic (exact) mass is 440 g/mol. The van der Waals surface area contributed by atoms with E-state index in [4.69, 9.17) is 0 Å². The fourth-order valence-corrected chi connectivity index (χ4v) is 4.40. The van der Waals surface area contributed by atoms with Crippen LogP contribution in [-0.4, -0.2) is 53.1 Å². The van der Waals surface area contributed by atoms with Gasteiger partial charge in [0.05, 0.1) is 5.92 Å². The molecule has 0 radical (unpaired) electrons. The van der Waals surface area contributed by atoms with Crippen molar-refractivity contribution in [1.82, 2.24) is 9.80 Å². The first-order chi connectivity index (χ1) is 15.0. The van der Waals surface area contributed by atoms with Gasteiger partial charge in [-0.3, -0.25) is 14.4 Å². The number of benzene rings is 1. The molecule has 1 unspecified atom stereocenters. The highest BCUT2D eigenvalue weighted by Gasteiger charge is 2.42. The third kappa shape index (κ3) is 6.30. The van der Waals surface area contributed by atoms with Crippen LogP contribution in [0.3, 0.4) is 0 Å². The molecule has 32 heavy (non-hydrogen) atoms. The minimum Gasteiger partial charge on any atom is -0.341 e. The van der Waals surface area contributed by atoms with Gasteiger partial charge in [0.15, 0.2) is 5.78 Å². The topological polar surface area (TPSA) is 57.7 Å². The van der Waals surface area contributed by atoms with Crippen molar-refractivity contribution in [3.05, 3.63) is 41.5 Å². The van der Waals surface area contributed by atoms with Gasteiger partial charge in [0, 0.05) is 26.1 Å². The Bertz CT molecular complexity index is 845. The number of carbonyl (C=O) groups is 3. The lowest BCUT2D eigenvalue weighted by molar-refractivity contribution is -0.148. The lowest BCUT2D eigenvalue weighted by atomic mass is 9.76. The van der Waals surface area contributed by atoms with Gasteiger partial charge in [-0.25, -0.2) is 0 Å². The average molecular weight is 441 g/mol. The van der Waals surface area contributed by atoms with E-state index >= 15 is 0 Å². The number of allylic oxidation sites excluding steroid dienone is 2. The van der Waals surface area contributed by atoms with Gasteiger partial charge in [0.2, 0.25) is 11.8 Å². The zero-order chi connectivity index (χ0) is 24.1. The maximum absolute atomic E-state index is 13.6. The summed E-state index contributed by atoms with van der Waals surface area (Å²) in [5.74, 6) is -0.575. The molecule has 0 N–H and O–H groups in total. The van der Waals surface area contributed by atoms with Crippen molar-refractivity contribution in [2.45, 2.75) is 73.8 Å². The summed E-state index contributed by atoms with van der Waals surface area (Å²) in [6.45, 7) is 15.7. The fraction of sp³-hybridized carbons (Fsp3) is 0.593. The summed E-state index contributed by atoms with van der Waals surface area (Å²) in [4.78, 5) is 43.1. The Hall–Kier alpha value is -2.43. The third-order valence-corrected chi connectivity index (χ3v) is 6.53. The maximum atomic E-state index is 13.6. The van der Waals surface area contributed by atoms with Gasteiger partial charge in [-0.15, -0.1) is 0 Å². The van der Waals surface area contributed by atoms with E-state index in [0.29, 0.717) is 26.1 Å². The van der Waals surface area contributed by atoms with E-state index in [1.807, 2.05) is 72.7 Å². The van der Waals surface area contributed by atoms with Crippen molar-refractivity contribution >= 4 is 23.2 Å². The molecule has 1 aliphatic heterocycles.